The maximum absolute atomic E-state index is 5.94. The lowest BCUT2D eigenvalue weighted by Gasteiger charge is -2.21. The molecular formula is C13H16N4. The van der Waals surface area contributed by atoms with Crippen molar-refractivity contribution in [3.8, 4) is 0 Å². The van der Waals surface area contributed by atoms with Gasteiger partial charge in [-0.3, -0.25) is 0 Å². The second-order valence-corrected chi connectivity index (χ2v) is 3.75. The Morgan fingerprint density at radius 1 is 1.29 bits per heavy atom. The van der Waals surface area contributed by atoms with Crippen molar-refractivity contribution in [2.24, 2.45) is 0 Å². The molecule has 0 bridgehead atoms. The van der Waals surface area contributed by atoms with E-state index in [1.54, 1.807) is 0 Å². The van der Waals surface area contributed by atoms with E-state index in [9.17, 15) is 0 Å². The van der Waals surface area contributed by atoms with Gasteiger partial charge in [0.05, 0.1) is 11.0 Å². The predicted molar refractivity (Wildman–Crippen MR) is 72.0 cm³/mol. The number of anilines is 2. The Kier molecular flexibility index (Phi) is 3.23. The number of nitrogens with two attached hydrogens (primary N) is 1. The fourth-order valence-corrected chi connectivity index (χ4v) is 1.76. The smallest absolute Gasteiger partial charge is 0.172 e. The molecule has 0 unspecified atom stereocenters. The first kappa shape index (κ1) is 11.4. The van der Waals surface area contributed by atoms with Crippen molar-refractivity contribution < 1.29 is 0 Å². The summed E-state index contributed by atoms with van der Waals surface area (Å²) in [5.74, 6) is 1.19. The maximum atomic E-state index is 5.94. The molecular weight excluding hydrogens is 212 g/mol. The third-order valence-corrected chi connectivity index (χ3v) is 2.61. The monoisotopic (exact) mass is 228 g/mol. The summed E-state index contributed by atoms with van der Waals surface area (Å²) >= 11 is 0. The van der Waals surface area contributed by atoms with Crippen LogP contribution in [-0.4, -0.2) is 23.1 Å². The number of hydrogen-bond donors (Lipinski definition) is 1. The van der Waals surface area contributed by atoms with Crippen molar-refractivity contribution in [2.75, 3.05) is 23.7 Å². The van der Waals surface area contributed by atoms with Gasteiger partial charge in [-0.05, 0) is 19.1 Å². The topological polar surface area (TPSA) is 55.0 Å². The zero-order chi connectivity index (χ0) is 12.3. The summed E-state index contributed by atoms with van der Waals surface area (Å²) in [4.78, 5) is 11.0. The Labute approximate surface area is 101 Å². The average Bonchev–Trinajstić information content (AvgIpc) is 2.35. The molecule has 1 aromatic carbocycles. The highest BCUT2D eigenvalue weighted by atomic mass is 15.2. The molecule has 0 fully saturated rings. The fraction of sp³-hybridized carbons (Fsp3) is 0.231. The van der Waals surface area contributed by atoms with E-state index in [2.05, 4.69) is 23.5 Å². The van der Waals surface area contributed by atoms with Gasteiger partial charge in [0.2, 0.25) is 0 Å². The molecule has 2 rings (SSSR count). The number of nitrogen functional groups attached to an aromatic ring is 1. The van der Waals surface area contributed by atoms with Crippen LogP contribution in [0.2, 0.25) is 0 Å². The van der Waals surface area contributed by atoms with E-state index in [1.807, 2.05) is 35.2 Å². The van der Waals surface area contributed by atoms with Crippen molar-refractivity contribution in [1.29, 1.82) is 0 Å². The summed E-state index contributed by atoms with van der Waals surface area (Å²) in [7, 11) is 0. The van der Waals surface area contributed by atoms with Crippen LogP contribution in [0.5, 0.6) is 0 Å². The fourth-order valence-electron chi connectivity index (χ4n) is 1.76. The quantitative estimate of drug-likeness (QED) is 0.815. The molecule has 0 aliphatic carbocycles. The summed E-state index contributed by atoms with van der Waals surface area (Å²) in [5, 5.41) is 0. The number of benzene rings is 1. The number of para-hydroxylation sites is 2. The molecule has 2 N–H and O–H groups in total. The Bertz CT molecular complexity index is 536. The molecule has 4 heteroatoms. The summed E-state index contributed by atoms with van der Waals surface area (Å²) in [6.07, 6.45) is 1.83. The van der Waals surface area contributed by atoms with E-state index in [1.165, 1.54) is 0 Å². The molecule has 2 aromatic rings. The van der Waals surface area contributed by atoms with Gasteiger partial charge in [0.15, 0.2) is 11.6 Å². The number of likely N-dealkylation sites (N-methyl/N-ethyl adjacent to an activating group) is 1. The number of hydrogen-bond acceptors (Lipinski definition) is 4. The average molecular weight is 228 g/mol. The van der Waals surface area contributed by atoms with Crippen LogP contribution < -0.4 is 10.6 Å². The van der Waals surface area contributed by atoms with Gasteiger partial charge in [-0.15, -0.1) is 6.58 Å². The molecule has 0 spiro atoms. The van der Waals surface area contributed by atoms with Gasteiger partial charge >= 0.3 is 0 Å². The highest BCUT2D eigenvalue weighted by molar-refractivity contribution is 5.79. The van der Waals surface area contributed by atoms with Gasteiger partial charge < -0.3 is 10.6 Å². The molecule has 0 atom stereocenters. The Morgan fingerprint density at radius 2 is 1.94 bits per heavy atom. The molecule has 0 radical (unpaired) electrons. The first-order valence-corrected chi connectivity index (χ1v) is 5.64. The number of rotatable bonds is 4. The normalized spacial score (nSPS) is 10.4. The molecule has 0 aliphatic rings. The van der Waals surface area contributed by atoms with Gasteiger partial charge in [0, 0.05) is 13.1 Å². The molecule has 4 nitrogen and oxygen atoms in total. The molecule has 1 aromatic heterocycles. The summed E-state index contributed by atoms with van der Waals surface area (Å²) in [6, 6.07) is 7.72. The standard InChI is InChI=1S/C13H16N4/c1-3-9-17(4-2)13-12(14)15-10-7-5-6-8-11(10)16-13/h3,5-8H,1,4,9H2,2H3,(H2,14,15). The Hall–Kier alpha value is -2.10. The molecule has 88 valence electrons. The zero-order valence-corrected chi connectivity index (χ0v) is 9.93. The lowest BCUT2D eigenvalue weighted by atomic mass is 10.3. The molecule has 0 saturated heterocycles. The molecule has 0 amide bonds. The molecule has 17 heavy (non-hydrogen) atoms. The van der Waals surface area contributed by atoms with Gasteiger partial charge in [-0.1, -0.05) is 18.2 Å². The Balaban J connectivity index is 2.52. The van der Waals surface area contributed by atoms with Gasteiger partial charge in [0.25, 0.3) is 0 Å². The van der Waals surface area contributed by atoms with Crippen LogP contribution in [0.3, 0.4) is 0 Å². The lowest BCUT2D eigenvalue weighted by molar-refractivity contribution is 0.885. The van der Waals surface area contributed by atoms with Crippen LogP contribution in [0, 0.1) is 0 Å². The lowest BCUT2D eigenvalue weighted by Crippen LogP contribution is -2.25. The van der Waals surface area contributed by atoms with Gasteiger partial charge in [0.1, 0.15) is 0 Å². The first-order chi connectivity index (χ1) is 8.26. The van der Waals surface area contributed by atoms with Crippen molar-refractivity contribution in [2.45, 2.75) is 6.92 Å². The third kappa shape index (κ3) is 2.20. The van der Waals surface area contributed by atoms with Gasteiger partial charge in [-0.2, -0.15) is 0 Å². The number of aromatic nitrogens is 2. The van der Waals surface area contributed by atoms with Crippen LogP contribution in [0.4, 0.5) is 11.6 Å². The highest BCUT2D eigenvalue weighted by Gasteiger charge is 2.11. The second-order valence-electron chi connectivity index (χ2n) is 3.75. The minimum atomic E-state index is 0.465. The second kappa shape index (κ2) is 4.82. The minimum Gasteiger partial charge on any atom is -0.381 e. The number of nitrogens with zero attached hydrogens (tertiary/aromatic N) is 3. The van der Waals surface area contributed by atoms with Crippen LogP contribution in [-0.2, 0) is 0 Å². The van der Waals surface area contributed by atoms with E-state index in [-0.39, 0.29) is 0 Å². The van der Waals surface area contributed by atoms with Crippen LogP contribution in [0.25, 0.3) is 11.0 Å². The number of fused-ring (bicyclic) bond motifs is 1. The minimum absolute atomic E-state index is 0.465. The SMILES string of the molecule is C=CCN(CC)c1nc2ccccc2nc1N. The summed E-state index contributed by atoms with van der Waals surface area (Å²) in [6.45, 7) is 7.33. The van der Waals surface area contributed by atoms with Gasteiger partial charge in [-0.25, -0.2) is 9.97 Å². The first-order valence-electron chi connectivity index (χ1n) is 5.64. The van der Waals surface area contributed by atoms with Crippen molar-refractivity contribution in [1.82, 2.24) is 9.97 Å². The van der Waals surface area contributed by atoms with Crippen molar-refractivity contribution >= 4 is 22.7 Å². The molecule has 0 saturated carbocycles. The van der Waals surface area contributed by atoms with E-state index >= 15 is 0 Å². The van der Waals surface area contributed by atoms with E-state index < -0.39 is 0 Å². The third-order valence-electron chi connectivity index (χ3n) is 2.61. The Morgan fingerprint density at radius 3 is 2.53 bits per heavy atom. The zero-order valence-electron chi connectivity index (χ0n) is 9.93. The van der Waals surface area contributed by atoms with Crippen molar-refractivity contribution in [3.63, 3.8) is 0 Å². The van der Waals surface area contributed by atoms with Crippen molar-refractivity contribution in [3.05, 3.63) is 36.9 Å². The summed E-state index contributed by atoms with van der Waals surface area (Å²) in [5.41, 5.74) is 7.63. The predicted octanol–water partition coefficient (Wildman–Crippen LogP) is 2.22. The van der Waals surface area contributed by atoms with E-state index in [0.717, 1.165) is 23.4 Å². The molecule has 0 aliphatic heterocycles. The largest absolute Gasteiger partial charge is 0.381 e. The molecule has 1 heterocycles. The highest BCUT2D eigenvalue weighted by Crippen LogP contribution is 2.21. The van der Waals surface area contributed by atoms with Crippen LogP contribution >= 0.6 is 0 Å². The van der Waals surface area contributed by atoms with Crippen LogP contribution in [0.1, 0.15) is 6.92 Å². The summed E-state index contributed by atoms with van der Waals surface area (Å²) < 4.78 is 0. The van der Waals surface area contributed by atoms with E-state index in [0.29, 0.717) is 12.4 Å². The maximum Gasteiger partial charge on any atom is 0.172 e. The van der Waals surface area contributed by atoms with Crippen LogP contribution in [0.15, 0.2) is 36.9 Å². The van der Waals surface area contributed by atoms with E-state index in [4.69, 9.17) is 5.73 Å².